The number of halogens is 1. The molecule has 0 aromatic heterocycles. The molecule has 1 unspecified atom stereocenters. The van der Waals surface area contributed by atoms with Gasteiger partial charge in [-0.3, -0.25) is 9.59 Å². The van der Waals surface area contributed by atoms with Crippen LogP contribution in [0.4, 0.5) is 0 Å². The zero-order valence-corrected chi connectivity index (χ0v) is 12.0. The number of nitrogens with one attached hydrogen (secondary N) is 2. The quantitative estimate of drug-likeness (QED) is 0.703. The molecule has 1 fully saturated rings. The van der Waals surface area contributed by atoms with Crippen molar-refractivity contribution in [3.63, 3.8) is 0 Å². The topological polar surface area (TPSA) is 67.4 Å². The number of esters is 1. The molecule has 1 saturated heterocycles. The molecule has 6 heteroatoms. The van der Waals surface area contributed by atoms with Gasteiger partial charge < -0.3 is 15.4 Å². The molecule has 0 aliphatic carbocycles. The molecule has 1 heterocycles. The third-order valence-corrected chi connectivity index (χ3v) is 2.93. The maximum absolute atomic E-state index is 11.7. The molecular weight excluding hydrogens is 256 g/mol. The lowest BCUT2D eigenvalue weighted by molar-refractivity contribution is -0.147. The van der Waals surface area contributed by atoms with E-state index in [2.05, 4.69) is 10.6 Å². The lowest BCUT2D eigenvalue weighted by Gasteiger charge is -2.31. The van der Waals surface area contributed by atoms with Crippen molar-refractivity contribution in [1.82, 2.24) is 10.6 Å². The van der Waals surface area contributed by atoms with E-state index in [-0.39, 0.29) is 42.7 Å². The van der Waals surface area contributed by atoms with Crippen LogP contribution in [0.5, 0.6) is 0 Å². The van der Waals surface area contributed by atoms with Gasteiger partial charge in [-0.15, -0.1) is 12.4 Å². The van der Waals surface area contributed by atoms with Crippen LogP contribution in [0.2, 0.25) is 0 Å². The summed E-state index contributed by atoms with van der Waals surface area (Å²) in [6.07, 6.45) is 0.137. The largest absolute Gasteiger partial charge is 0.463 e. The average molecular weight is 279 g/mol. The summed E-state index contributed by atoms with van der Waals surface area (Å²) < 4.78 is 4.97. The summed E-state index contributed by atoms with van der Waals surface area (Å²) in [5.41, 5.74) is 0. The number of amides is 1. The van der Waals surface area contributed by atoms with Gasteiger partial charge in [-0.2, -0.15) is 0 Å². The molecule has 0 saturated carbocycles. The van der Waals surface area contributed by atoms with Gasteiger partial charge in [0.1, 0.15) is 0 Å². The third-order valence-electron chi connectivity index (χ3n) is 2.93. The van der Waals surface area contributed by atoms with Gasteiger partial charge >= 0.3 is 5.97 Å². The Balaban J connectivity index is 0.00000289. The summed E-state index contributed by atoms with van der Waals surface area (Å²) in [6.45, 7) is 7.71. The molecule has 0 aromatic carbocycles. The van der Waals surface area contributed by atoms with E-state index in [4.69, 9.17) is 4.74 Å². The summed E-state index contributed by atoms with van der Waals surface area (Å²) in [4.78, 5) is 22.9. The Morgan fingerprint density at radius 3 is 2.39 bits per heavy atom. The Kier molecular flexibility index (Phi) is 7.95. The van der Waals surface area contributed by atoms with Crippen LogP contribution in [0, 0.1) is 11.8 Å². The van der Waals surface area contributed by atoms with Crippen LogP contribution in [0.3, 0.4) is 0 Å². The monoisotopic (exact) mass is 278 g/mol. The number of rotatable bonds is 6. The standard InChI is InChI=1S/C12H22N2O3.ClH/c1-8(2)17-11(15)4-5-14-12(16)9(3)10-6-13-7-10;/h8-10,13H,4-7H2,1-3H3,(H,14,16);1H. The zero-order chi connectivity index (χ0) is 12.8. The Morgan fingerprint density at radius 1 is 1.33 bits per heavy atom. The Morgan fingerprint density at radius 2 is 1.94 bits per heavy atom. The van der Waals surface area contributed by atoms with Crippen LogP contribution < -0.4 is 10.6 Å². The van der Waals surface area contributed by atoms with Crippen molar-refractivity contribution in [1.29, 1.82) is 0 Å². The first kappa shape index (κ1) is 17.2. The highest BCUT2D eigenvalue weighted by atomic mass is 35.5. The summed E-state index contributed by atoms with van der Waals surface area (Å²) in [5.74, 6) is 0.196. The third kappa shape index (κ3) is 5.69. The molecule has 1 amide bonds. The van der Waals surface area contributed by atoms with Crippen LogP contribution in [-0.2, 0) is 14.3 Å². The highest BCUT2D eigenvalue weighted by Crippen LogP contribution is 2.15. The van der Waals surface area contributed by atoms with Crippen molar-refractivity contribution < 1.29 is 14.3 Å². The van der Waals surface area contributed by atoms with E-state index < -0.39 is 0 Å². The lowest BCUT2D eigenvalue weighted by Crippen LogP contribution is -2.49. The molecule has 0 aromatic rings. The minimum atomic E-state index is -0.265. The molecule has 18 heavy (non-hydrogen) atoms. The molecule has 1 rings (SSSR count). The number of ether oxygens (including phenoxy) is 1. The maximum Gasteiger partial charge on any atom is 0.307 e. The van der Waals surface area contributed by atoms with Gasteiger partial charge in [0, 0.05) is 12.5 Å². The van der Waals surface area contributed by atoms with Crippen LogP contribution >= 0.6 is 12.4 Å². The molecule has 1 aliphatic heterocycles. The average Bonchev–Trinajstić information content (AvgIpc) is 2.13. The number of hydrogen-bond acceptors (Lipinski definition) is 4. The highest BCUT2D eigenvalue weighted by Gasteiger charge is 2.28. The summed E-state index contributed by atoms with van der Waals surface area (Å²) in [5, 5.41) is 5.91. The van der Waals surface area contributed by atoms with Crippen LogP contribution in [0.15, 0.2) is 0 Å². The fourth-order valence-corrected chi connectivity index (χ4v) is 1.65. The van der Waals surface area contributed by atoms with Gasteiger partial charge in [-0.25, -0.2) is 0 Å². The van der Waals surface area contributed by atoms with Crippen LogP contribution in [-0.4, -0.2) is 37.6 Å². The molecule has 0 radical (unpaired) electrons. The second-order valence-electron chi connectivity index (χ2n) is 4.79. The molecule has 1 aliphatic rings. The van der Waals surface area contributed by atoms with E-state index in [0.29, 0.717) is 12.5 Å². The zero-order valence-electron chi connectivity index (χ0n) is 11.2. The molecule has 5 nitrogen and oxygen atoms in total. The summed E-state index contributed by atoms with van der Waals surface area (Å²) in [7, 11) is 0. The molecule has 2 N–H and O–H groups in total. The smallest absolute Gasteiger partial charge is 0.307 e. The minimum absolute atomic E-state index is 0. The van der Waals surface area contributed by atoms with Gasteiger partial charge in [0.05, 0.1) is 12.5 Å². The van der Waals surface area contributed by atoms with Gasteiger partial charge in [0.25, 0.3) is 0 Å². The van der Waals surface area contributed by atoms with E-state index in [1.165, 1.54) is 0 Å². The van der Waals surface area contributed by atoms with Crippen molar-refractivity contribution in [3.05, 3.63) is 0 Å². The fraction of sp³-hybridized carbons (Fsp3) is 0.833. The Labute approximate surface area is 114 Å². The molecular formula is C12H23ClN2O3. The van der Waals surface area contributed by atoms with Gasteiger partial charge in [-0.1, -0.05) is 6.92 Å². The molecule has 0 bridgehead atoms. The Bertz CT molecular complexity index is 280. The molecule has 1 atom stereocenters. The predicted octanol–water partition coefficient (Wildman–Crippen LogP) is 0.722. The summed E-state index contributed by atoms with van der Waals surface area (Å²) >= 11 is 0. The number of carbonyl (C=O) groups is 2. The van der Waals surface area contributed by atoms with E-state index >= 15 is 0 Å². The van der Waals surface area contributed by atoms with Crippen molar-refractivity contribution in [3.8, 4) is 0 Å². The molecule has 0 spiro atoms. The first-order chi connectivity index (χ1) is 8.00. The van der Waals surface area contributed by atoms with Crippen LogP contribution in [0.1, 0.15) is 27.2 Å². The minimum Gasteiger partial charge on any atom is -0.463 e. The normalized spacial score (nSPS) is 16.4. The first-order valence-electron chi connectivity index (χ1n) is 6.18. The first-order valence-corrected chi connectivity index (χ1v) is 6.18. The van der Waals surface area contributed by atoms with E-state index in [1.54, 1.807) is 0 Å². The predicted molar refractivity (Wildman–Crippen MR) is 71.6 cm³/mol. The molecule has 106 valence electrons. The van der Waals surface area contributed by atoms with Gasteiger partial charge in [0.15, 0.2) is 0 Å². The summed E-state index contributed by atoms with van der Waals surface area (Å²) in [6, 6.07) is 0. The van der Waals surface area contributed by atoms with Gasteiger partial charge in [-0.05, 0) is 32.9 Å². The Hall–Kier alpha value is -0.810. The highest BCUT2D eigenvalue weighted by molar-refractivity contribution is 5.85. The number of carbonyl (C=O) groups excluding carboxylic acids is 2. The second kappa shape index (κ2) is 8.32. The van der Waals surface area contributed by atoms with Crippen molar-refractivity contribution in [2.45, 2.75) is 33.3 Å². The van der Waals surface area contributed by atoms with Gasteiger partial charge in [0.2, 0.25) is 5.91 Å². The second-order valence-corrected chi connectivity index (χ2v) is 4.79. The van der Waals surface area contributed by atoms with Crippen molar-refractivity contribution in [2.75, 3.05) is 19.6 Å². The number of hydrogen-bond donors (Lipinski definition) is 2. The van der Waals surface area contributed by atoms with E-state index in [1.807, 2.05) is 20.8 Å². The van der Waals surface area contributed by atoms with E-state index in [9.17, 15) is 9.59 Å². The van der Waals surface area contributed by atoms with E-state index in [0.717, 1.165) is 13.1 Å². The fourth-order valence-electron chi connectivity index (χ4n) is 1.65. The van der Waals surface area contributed by atoms with Crippen molar-refractivity contribution >= 4 is 24.3 Å². The lowest BCUT2D eigenvalue weighted by atomic mass is 9.88. The van der Waals surface area contributed by atoms with Crippen molar-refractivity contribution in [2.24, 2.45) is 11.8 Å². The SMILES string of the molecule is CC(C)OC(=O)CCNC(=O)C(C)C1CNC1.Cl. The van der Waals surface area contributed by atoms with Crippen LogP contribution in [0.25, 0.3) is 0 Å². The maximum atomic E-state index is 11.7.